The minimum atomic E-state index is -0.426. The van der Waals surface area contributed by atoms with Crippen molar-refractivity contribution in [1.82, 2.24) is 9.99 Å². The van der Waals surface area contributed by atoms with Gasteiger partial charge in [0.05, 0.1) is 6.54 Å². The van der Waals surface area contributed by atoms with Crippen LogP contribution in [0.2, 0.25) is 0 Å². The lowest BCUT2D eigenvalue weighted by Gasteiger charge is -2.04. The summed E-state index contributed by atoms with van der Waals surface area (Å²) in [5, 5.41) is 1.18. The van der Waals surface area contributed by atoms with Crippen molar-refractivity contribution in [3.63, 3.8) is 0 Å². The summed E-state index contributed by atoms with van der Waals surface area (Å²) < 4.78 is 7.56. The summed E-state index contributed by atoms with van der Waals surface area (Å²) in [4.78, 5) is 11.3. The molecule has 0 aliphatic carbocycles. The Kier molecular flexibility index (Phi) is 3.04. The third-order valence-corrected chi connectivity index (χ3v) is 3.27. The number of carbonyl (C=O) groups excluding carboxylic acids is 1. The molecule has 1 amide bonds. The zero-order valence-electron chi connectivity index (χ0n) is 11.1. The molecule has 2 aromatic heterocycles. The van der Waals surface area contributed by atoms with E-state index in [1.54, 1.807) is 12.1 Å². The zero-order valence-corrected chi connectivity index (χ0v) is 11.1. The molecular weight excluding hydrogens is 254 g/mol. The smallest absolute Gasteiger partial charge is 0.300 e. The number of furan rings is 1. The molecule has 0 unspecified atom stereocenters. The summed E-state index contributed by atoms with van der Waals surface area (Å²) in [7, 11) is 0. The van der Waals surface area contributed by atoms with Crippen molar-refractivity contribution >= 4 is 16.8 Å². The van der Waals surface area contributed by atoms with Gasteiger partial charge < -0.3 is 8.98 Å². The molecule has 5 heteroatoms. The van der Waals surface area contributed by atoms with E-state index in [9.17, 15) is 4.79 Å². The number of hydrogen-bond donors (Lipinski definition) is 2. The van der Waals surface area contributed by atoms with E-state index in [1.165, 1.54) is 10.9 Å². The standard InChI is InChI=1S/C15H15N3O2/c1-10-2-3-11-6-7-18(13(11)8-10)9-12-4-5-14(20-12)15(19)17-16/h2-8H,9,16H2,1H3,(H,17,19). The minimum Gasteiger partial charge on any atom is -0.454 e. The second kappa shape index (κ2) is 4.86. The lowest BCUT2D eigenvalue weighted by molar-refractivity contribution is 0.0924. The summed E-state index contributed by atoms with van der Waals surface area (Å²) in [6, 6.07) is 11.8. The first-order chi connectivity index (χ1) is 9.67. The monoisotopic (exact) mass is 269 g/mol. The number of nitrogens with one attached hydrogen (secondary N) is 1. The summed E-state index contributed by atoms with van der Waals surface area (Å²) in [6.07, 6.45) is 2.01. The van der Waals surface area contributed by atoms with Gasteiger partial charge in [-0.2, -0.15) is 0 Å². The van der Waals surface area contributed by atoms with Gasteiger partial charge in [0.2, 0.25) is 0 Å². The summed E-state index contributed by atoms with van der Waals surface area (Å²) in [6.45, 7) is 2.64. The predicted molar refractivity (Wildman–Crippen MR) is 76.1 cm³/mol. The van der Waals surface area contributed by atoms with Gasteiger partial charge in [-0.25, -0.2) is 5.84 Å². The Morgan fingerprint density at radius 3 is 2.95 bits per heavy atom. The normalized spacial score (nSPS) is 10.9. The second-order valence-corrected chi connectivity index (χ2v) is 4.75. The predicted octanol–water partition coefficient (Wildman–Crippen LogP) is 2.19. The highest BCUT2D eigenvalue weighted by atomic mass is 16.4. The van der Waals surface area contributed by atoms with Crippen LogP contribution in [0, 0.1) is 6.92 Å². The highest BCUT2D eigenvalue weighted by Crippen LogP contribution is 2.19. The first-order valence-electron chi connectivity index (χ1n) is 6.32. The van der Waals surface area contributed by atoms with Gasteiger partial charge in [0, 0.05) is 11.7 Å². The van der Waals surface area contributed by atoms with E-state index >= 15 is 0 Å². The number of aromatic nitrogens is 1. The second-order valence-electron chi connectivity index (χ2n) is 4.75. The first kappa shape index (κ1) is 12.5. The Balaban J connectivity index is 1.91. The van der Waals surface area contributed by atoms with Gasteiger partial charge in [0.15, 0.2) is 5.76 Å². The van der Waals surface area contributed by atoms with Crippen LogP contribution in [0.15, 0.2) is 47.0 Å². The van der Waals surface area contributed by atoms with Crippen molar-refractivity contribution in [1.29, 1.82) is 0 Å². The molecule has 3 N–H and O–H groups in total. The molecule has 0 fully saturated rings. The highest BCUT2D eigenvalue weighted by Gasteiger charge is 2.10. The van der Waals surface area contributed by atoms with Gasteiger partial charge in [-0.1, -0.05) is 12.1 Å². The first-order valence-corrected chi connectivity index (χ1v) is 6.32. The van der Waals surface area contributed by atoms with E-state index in [0.717, 1.165) is 5.52 Å². The van der Waals surface area contributed by atoms with Crippen LogP contribution >= 0.6 is 0 Å². The third kappa shape index (κ3) is 2.19. The Labute approximate surface area is 115 Å². The van der Waals surface area contributed by atoms with Crippen molar-refractivity contribution in [2.24, 2.45) is 5.84 Å². The molecule has 20 heavy (non-hydrogen) atoms. The van der Waals surface area contributed by atoms with Gasteiger partial charge in [0.1, 0.15) is 5.76 Å². The maximum Gasteiger partial charge on any atom is 0.300 e. The SMILES string of the molecule is Cc1ccc2ccn(Cc3ccc(C(=O)NN)o3)c2c1. The average Bonchev–Trinajstić information content (AvgIpc) is 3.06. The number of nitrogen functional groups attached to an aromatic ring is 1. The summed E-state index contributed by atoms with van der Waals surface area (Å²) in [5.74, 6) is 5.58. The number of nitrogens with zero attached hydrogens (tertiary/aromatic N) is 1. The summed E-state index contributed by atoms with van der Waals surface area (Å²) >= 11 is 0. The van der Waals surface area contributed by atoms with E-state index in [2.05, 4.69) is 41.2 Å². The third-order valence-electron chi connectivity index (χ3n) is 3.27. The molecule has 0 spiro atoms. The minimum absolute atomic E-state index is 0.218. The fourth-order valence-corrected chi connectivity index (χ4v) is 2.26. The van der Waals surface area contributed by atoms with Gasteiger partial charge in [-0.15, -0.1) is 0 Å². The number of hydrogen-bond acceptors (Lipinski definition) is 3. The van der Waals surface area contributed by atoms with Crippen molar-refractivity contribution < 1.29 is 9.21 Å². The van der Waals surface area contributed by atoms with Crippen LogP contribution in [-0.4, -0.2) is 10.5 Å². The number of hydrazine groups is 1. The van der Waals surface area contributed by atoms with E-state index < -0.39 is 5.91 Å². The fourth-order valence-electron chi connectivity index (χ4n) is 2.26. The van der Waals surface area contributed by atoms with Crippen LogP contribution in [-0.2, 0) is 6.54 Å². The molecule has 0 atom stereocenters. The Bertz CT molecular complexity index is 770. The largest absolute Gasteiger partial charge is 0.454 e. The molecule has 0 aliphatic heterocycles. The van der Waals surface area contributed by atoms with Crippen LogP contribution in [0.3, 0.4) is 0 Å². The average molecular weight is 269 g/mol. The molecule has 102 valence electrons. The molecule has 0 saturated carbocycles. The Hall–Kier alpha value is -2.53. The number of fused-ring (bicyclic) bond motifs is 1. The highest BCUT2D eigenvalue weighted by molar-refractivity contribution is 5.90. The van der Waals surface area contributed by atoms with Crippen molar-refractivity contribution in [3.05, 3.63) is 59.7 Å². The molecule has 1 aromatic carbocycles. The summed E-state index contributed by atoms with van der Waals surface area (Å²) in [5.41, 5.74) is 4.40. The topological polar surface area (TPSA) is 73.2 Å². The van der Waals surface area contributed by atoms with Gasteiger partial charge >= 0.3 is 5.91 Å². The van der Waals surface area contributed by atoms with Crippen LogP contribution in [0.1, 0.15) is 21.9 Å². The molecule has 0 saturated heterocycles. The number of amides is 1. The van der Waals surface area contributed by atoms with Crippen LogP contribution in [0.5, 0.6) is 0 Å². The molecule has 3 rings (SSSR count). The zero-order chi connectivity index (χ0) is 14.1. The van der Waals surface area contributed by atoms with E-state index in [4.69, 9.17) is 10.3 Å². The van der Waals surface area contributed by atoms with E-state index in [0.29, 0.717) is 12.3 Å². The molecule has 2 heterocycles. The number of aryl methyl sites for hydroxylation is 1. The van der Waals surface area contributed by atoms with E-state index in [-0.39, 0.29) is 5.76 Å². The van der Waals surface area contributed by atoms with E-state index in [1.807, 2.05) is 6.20 Å². The maximum absolute atomic E-state index is 11.3. The lowest BCUT2D eigenvalue weighted by Crippen LogP contribution is -2.29. The number of carbonyl (C=O) groups is 1. The number of benzene rings is 1. The number of nitrogens with two attached hydrogens (primary N) is 1. The molecule has 3 aromatic rings. The number of rotatable bonds is 3. The van der Waals surface area contributed by atoms with Crippen LogP contribution in [0.25, 0.3) is 10.9 Å². The quantitative estimate of drug-likeness (QED) is 0.435. The Morgan fingerprint density at radius 1 is 1.30 bits per heavy atom. The van der Waals surface area contributed by atoms with Gasteiger partial charge in [0.25, 0.3) is 0 Å². The van der Waals surface area contributed by atoms with Gasteiger partial charge in [-0.3, -0.25) is 10.2 Å². The van der Waals surface area contributed by atoms with Gasteiger partial charge in [-0.05, 0) is 42.1 Å². The Morgan fingerprint density at radius 2 is 2.15 bits per heavy atom. The maximum atomic E-state index is 11.3. The molecule has 0 radical (unpaired) electrons. The van der Waals surface area contributed by atoms with Crippen molar-refractivity contribution in [3.8, 4) is 0 Å². The molecule has 0 bridgehead atoms. The van der Waals surface area contributed by atoms with Crippen LogP contribution in [0.4, 0.5) is 0 Å². The van der Waals surface area contributed by atoms with Crippen molar-refractivity contribution in [2.45, 2.75) is 13.5 Å². The van der Waals surface area contributed by atoms with Crippen LogP contribution < -0.4 is 11.3 Å². The molecule has 0 aliphatic rings. The van der Waals surface area contributed by atoms with Crippen molar-refractivity contribution in [2.75, 3.05) is 0 Å². The molecule has 5 nitrogen and oxygen atoms in total. The molecular formula is C15H15N3O2. The fraction of sp³-hybridized carbons (Fsp3) is 0.133. The lowest BCUT2D eigenvalue weighted by atomic mass is 10.2.